The molecule has 26 heavy (non-hydrogen) atoms. The van der Waals surface area contributed by atoms with Gasteiger partial charge < -0.3 is 15.2 Å². The number of aromatic carboxylic acids is 1. The van der Waals surface area contributed by atoms with Crippen LogP contribution in [-0.4, -0.2) is 26.8 Å². The van der Waals surface area contributed by atoms with Crippen LogP contribution in [-0.2, 0) is 7.05 Å². The average Bonchev–Trinajstić information content (AvgIpc) is 2.99. The Hall–Kier alpha value is -3.68. The minimum Gasteiger partial charge on any atom is -0.478 e. The van der Waals surface area contributed by atoms with E-state index in [0.29, 0.717) is 17.2 Å². The van der Waals surface area contributed by atoms with Gasteiger partial charge in [-0.05, 0) is 36.4 Å². The minimum absolute atomic E-state index is 0.180. The SMILES string of the molecule is Cn1cc(C(=O)O)c(C(=O)Nc2ccc(Oc3cccc(F)c3)cc2)n1. The highest BCUT2D eigenvalue weighted by molar-refractivity contribution is 6.09. The number of carbonyl (C=O) groups is 2. The fraction of sp³-hybridized carbons (Fsp3) is 0.0556. The number of benzene rings is 2. The van der Waals surface area contributed by atoms with E-state index in [1.165, 1.54) is 36.1 Å². The molecule has 0 aliphatic heterocycles. The van der Waals surface area contributed by atoms with Gasteiger partial charge in [0, 0.05) is 25.0 Å². The zero-order valence-electron chi connectivity index (χ0n) is 13.6. The molecule has 1 aromatic heterocycles. The number of halogens is 1. The van der Waals surface area contributed by atoms with Crippen LogP contribution in [0.3, 0.4) is 0 Å². The highest BCUT2D eigenvalue weighted by atomic mass is 19.1. The molecular weight excluding hydrogens is 341 g/mol. The van der Waals surface area contributed by atoms with Gasteiger partial charge in [-0.15, -0.1) is 0 Å². The summed E-state index contributed by atoms with van der Waals surface area (Å²) in [6.45, 7) is 0. The summed E-state index contributed by atoms with van der Waals surface area (Å²) < 4.78 is 19.9. The van der Waals surface area contributed by atoms with Crippen LogP contribution in [0.5, 0.6) is 11.5 Å². The monoisotopic (exact) mass is 355 g/mol. The lowest BCUT2D eigenvalue weighted by Crippen LogP contribution is -2.16. The molecule has 3 rings (SSSR count). The second kappa shape index (κ2) is 7.06. The van der Waals surface area contributed by atoms with Gasteiger partial charge in [-0.3, -0.25) is 9.48 Å². The number of carbonyl (C=O) groups excluding carboxylic acids is 1. The normalized spacial score (nSPS) is 10.4. The number of amides is 1. The molecular formula is C18H14FN3O4. The van der Waals surface area contributed by atoms with Gasteiger partial charge in [-0.2, -0.15) is 5.10 Å². The Morgan fingerprint density at radius 1 is 1.15 bits per heavy atom. The second-order valence-electron chi connectivity index (χ2n) is 5.41. The Kier molecular flexibility index (Phi) is 4.66. The molecule has 2 aromatic carbocycles. The summed E-state index contributed by atoms with van der Waals surface area (Å²) in [6, 6.07) is 12.1. The summed E-state index contributed by atoms with van der Waals surface area (Å²) in [5.74, 6) is -1.47. The molecule has 0 spiro atoms. The van der Waals surface area contributed by atoms with Crippen LogP contribution in [0.25, 0.3) is 0 Å². The first-order valence-corrected chi connectivity index (χ1v) is 7.54. The number of rotatable bonds is 5. The predicted molar refractivity (Wildman–Crippen MR) is 91.0 cm³/mol. The smallest absolute Gasteiger partial charge is 0.339 e. The van der Waals surface area contributed by atoms with Crippen molar-refractivity contribution in [2.75, 3.05) is 5.32 Å². The molecule has 0 saturated carbocycles. The van der Waals surface area contributed by atoms with E-state index in [-0.39, 0.29) is 11.3 Å². The van der Waals surface area contributed by atoms with E-state index < -0.39 is 17.7 Å². The zero-order valence-corrected chi connectivity index (χ0v) is 13.6. The summed E-state index contributed by atoms with van der Waals surface area (Å²) in [6.07, 6.45) is 1.26. The number of carboxylic acid groups (broad SMARTS) is 1. The molecule has 0 aliphatic carbocycles. The number of ether oxygens (including phenoxy) is 1. The number of anilines is 1. The van der Waals surface area contributed by atoms with Crippen molar-refractivity contribution >= 4 is 17.6 Å². The first-order valence-electron chi connectivity index (χ1n) is 7.54. The largest absolute Gasteiger partial charge is 0.478 e. The van der Waals surface area contributed by atoms with Crippen LogP contribution in [0.2, 0.25) is 0 Å². The van der Waals surface area contributed by atoms with Crippen molar-refractivity contribution in [3.05, 3.63) is 71.8 Å². The Bertz CT molecular complexity index is 967. The van der Waals surface area contributed by atoms with Gasteiger partial charge in [-0.25, -0.2) is 9.18 Å². The molecule has 0 radical (unpaired) electrons. The first kappa shape index (κ1) is 17.2. The van der Waals surface area contributed by atoms with Crippen LogP contribution < -0.4 is 10.1 Å². The third kappa shape index (κ3) is 3.86. The third-order valence-electron chi connectivity index (χ3n) is 3.42. The number of nitrogens with one attached hydrogen (secondary N) is 1. The van der Waals surface area contributed by atoms with Gasteiger partial charge in [0.1, 0.15) is 22.9 Å². The summed E-state index contributed by atoms with van der Waals surface area (Å²) in [7, 11) is 1.53. The van der Waals surface area contributed by atoms with E-state index in [2.05, 4.69) is 10.4 Å². The molecule has 0 unspecified atom stereocenters. The highest BCUT2D eigenvalue weighted by Gasteiger charge is 2.21. The molecule has 1 heterocycles. The fourth-order valence-corrected chi connectivity index (χ4v) is 2.28. The zero-order chi connectivity index (χ0) is 18.7. The number of hydrogen-bond acceptors (Lipinski definition) is 4. The van der Waals surface area contributed by atoms with Crippen LogP contribution in [0, 0.1) is 5.82 Å². The number of carboxylic acids is 1. The Morgan fingerprint density at radius 3 is 2.54 bits per heavy atom. The van der Waals surface area contributed by atoms with E-state index in [9.17, 15) is 14.0 Å². The van der Waals surface area contributed by atoms with Gasteiger partial charge in [0.2, 0.25) is 0 Å². The minimum atomic E-state index is -1.23. The molecule has 1 amide bonds. The molecule has 0 aliphatic rings. The van der Waals surface area contributed by atoms with Crippen LogP contribution in [0.1, 0.15) is 20.8 Å². The molecule has 0 atom stereocenters. The molecule has 8 heteroatoms. The number of nitrogens with zero attached hydrogens (tertiary/aromatic N) is 2. The Balaban J connectivity index is 1.71. The number of hydrogen-bond donors (Lipinski definition) is 2. The molecule has 0 saturated heterocycles. The maximum atomic E-state index is 13.2. The maximum absolute atomic E-state index is 13.2. The van der Waals surface area contributed by atoms with Crippen LogP contribution in [0.15, 0.2) is 54.7 Å². The lowest BCUT2D eigenvalue weighted by molar-refractivity contribution is 0.0692. The van der Waals surface area contributed by atoms with E-state index >= 15 is 0 Å². The summed E-state index contributed by atoms with van der Waals surface area (Å²) in [4.78, 5) is 23.4. The van der Waals surface area contributed by atoms with Crippen molar-refractivity contribution in [1.29, 1.82) is 0 Å². The molecule has 7 nitrogen and oxygen atoms in total. The quantitative estimate of drug-likeness (QED) is 0.732. The van der Waals surface area contributed by atoms with Crippen molar-refractivity contribution in [2.24, 2.45) is 7.05 Å². The van der Waals surface area contributed by atoms with Crippen molar-refractivity contribution in [3.63, 3.8) is 0 Å². The first-order chi connectivity index (χ1) is 12.4. The lowest BCUT2D eigenvalue weighted by atomic mass is 10.2. The van der Waals surface area contributed by atoms with Gasteiger partial charge >= 0.3 is 5.97 Å². The van der Waals surface area contributed by atoms with Gasteiger partial charge in [0.05, 0.1) is 0 Å². The van der Waals surface area contributed by atoms with E-state index in [1.807, 2.05) is 0 Å². The van der Waals surface area contributed by atoms with Gasteiger partial charge in [0.15, 0.2) is 5.69 Å². The lowest BCUT2D eigenvalue weighted by Gasteiger charge is -2.08. The molecule has 0 fully saturated rings. The highest BCUT2D eigenvalue weighted by Crippen LogP contribution is 2.23. The molecule has 0 bridgehead atoms. The van der Waals surface area contributed by atoms with Crippen molar-refractivity contribution in [2.45, 2.75) is 0 Å². The van der Waals surface area contributed by atoms with E-state index in [1.54, 1.807) is 30.3 Å². The van der Waals surface area contributed by atoms with Gasteiger partial charge in [0.25, 0.3) is 5.91 Å². The van der Waals surface area contributed by atoms with E-state index in [0.717, 1.165) is 0 Å². The summed E-state index contributed by atoms with van der Waals surface area (Å²) in [5, 5.41) is 15.6. The van der Waals surface area contributed by atoms with Crippen molar-refractivity contribution < 1.29 is 23.8 Å². The van der Waals surface area contributed by atoms with Crippen molar-refractivity contribution in [3.8, 4) is 11.5 Å². The number of aromatic nitrogens is 2. The topological polar surface area (TPSA) is 93.5 Å². The fourth-order valence-electron chi connectivity index (χ4n) is 2.28. The summed E-state index contributed by atoms with van der Waals surface area (Å²) in [5.41, 5.74) is 0.0692. The number of aryl methyl sites for hydroxylation is 1. The maximum Gasteiger partial charge on any atom is 0.339 e. The Morgan fingerprint density at radius 2 is 1.88 bits per heavy atom. The van der Waals surface area contributed by atoms with E-state index in [4.69, 9.17) is 9.84 Å². The standard InChI is InChI=1S/C18H14FN3O4/c1-22-10-15(18(24)25)16(21-22)17(23)20-12-5-7-13(8-6-12)26-14-4-2-3-11(19)9-14/h2-10H,1H3,(H,20,23)(H,24,25). The van der Waals surface area contributed by atoms with Gasteiger partial charge in [-0.1, -0.05) is 6.07 Å². The molecule has 132 valence electrons. The molecule has 2 N–H and O–H groups in total. The summed E-state index contributed by atoms with van der Waals surface area (Å²) >= 11 is 0. The van der Waals surface area contributed by atoms with Crippen LogP contribution >= 0.6 is 0 Å². The second-order valence-corrected chi connectivity index (χ2v) is 5.41. The average molecular weight is 355 g/mol. The third-order valence-corrected chi connectivity index (χ3v) is 3.42. The van der Waals surface area contributed by atoms with Crippen LogP contribution in [0.4, 0.5) is 10.1 Å². The molecule has 3 aromatic rings. The predicted octanol–water partition coefficient (Wildman–Crippen LogP) is 3.30. The van der Waals surface area contributed by atoms with Crippen molar-refractivity contribution in [1.82, 2.24) is 9.78 Å². The Labute approximate surface area is 147 Å².